The Labute approximate surface area is 133 Å². The monoisotopic (exact) mass is 314 g/mol. The third-order valence-corrected chi connectivity index (χ3v) is 4.52. The average Bonchev–Trinajstić information content (AvgIpc) is 2.92. The highest BCUT2D eigenvalue weighted by molar-refractivity contribution is 5.69. The molecule has 2 aliphatic rings. The lowest BCUT2D eigenvalue weighted by molar-refractivity contribution is -0.211. The number of esters is 1. The molecule has 22 heavy (non-hydrogen) atoms. The number of carbonyl (C=O) groups is 1. The summed E-state index contributed by atoms with van der Waals surface area (Å²) in [5.74, 6) is -0.834. The predicted octanol–water partition coefficient (Wildman–Crippen LogP) is 3.40. The summed E-state index contributed by atoms with van der Waals surface area (Å²) in [6, 6.07) is 0. The summed E-state index contributed by atoms with van der Waals surface area (Å²) >= 11 is 0. The third-order valence-electron chi connectivity index (χ3n) is 4.52. The summed E-state index contributed by atoms with van der Waals surface area (Å²) in [6.45, 7) is 5.97. The quantitative estimate of drug-likeness (QED) is 0.507. The lowest BCUT2D eigenvalue weighted by Crippen LogP contribution is -2.32. The van der Waals surface area contributed by atoms with Crippen molar-refractivity contribution >= 4 is 5.97 Å². The molecule has 0 unspecified atom stereocenters. The predicted molar refractivity (Wildman–Crippen MR) is 82.2 cm³/mol. The summed E-state index contributed by atoms with van der Waals surface area (Å²) in [6.07, 6.45) is 6.88. The number of hydrogen-bond acceptors (Lipinski definition) is 5. The van der Waals surface area contributed by atoms with E-state index in [0.717, 1.165) is 12.8 Å². The lowest BCUT2D eigenvalue weighted by Gasteiger charge is -2.25. The molecule has 4 atom stereocenters. The first-order chi connectivity index (χ1) is 10.5. The highest BCUT2D eigenvalue weighted by atomic mass is 16.8. The highest BCUT2D eigenvalue weighted by Crippen LogP contribution is 2.43. The van der Waals surface area contributed by atoms with Crippen molar-refractivity contribution in [2.75, 3.05) is 7.11 Å². The standard InChI is InChI=1S/C17H30O5/c1-5-6-7-8-9-10-13-12(11-14(18)19-4)15-16(20-13)22-17(2,3)21-15/h12-13,15-16H,5-11H2,1-4H3/t12-,13-,15-,16-/m1/s1. The molecule has 0 aromatic carbocycles. The van der Waals surface area contributed by atoms with Crippen LogP contribution in [0.15, 0.2) is 0 Å². The summed E-state index contributed by atoms with van der Waals surface area (Å²) in [5, 5.41) is 0. The van der Waals surface area contributed by atoms with Gasteiger partial charge in [-0.25, -0.2) is 0 Å². The van der Waals surface area contributed by atoms with Crippen LogP contribution < -0.4 is 0 Å². The number of carbonyl (C=O) groups excluding carboxylic acids is 1. The van der Waals surface area contributed by atoms with Crippen LogP contribution in [-0.4, -0.2) is 37.4 Å². The molecule has 2 fully saturated rings. The molecule has 0 bridgehead atoms. The molecular weight excluding hydrogens is 284 g/mol. The van der Waals surface area contributed by atoms with E-state index in [1.54, 1.807) is 0 Å². The summed E-state index contributed by atoms with van der Waals surface area (Å²) in [7, 11) is 1.42. The maximum atomic E-state index is 11.7. The zero-order chi connectivity index (χ0) is 16.2. The first-order valence-corrected chi connectivity index (χ1v) is 8.54. The smallest absolute Gasteiger partial charge is 0.305 e. The number of ether oxygens (including phenoxy) is 4. The number of hydrogen-bond donors (Lipinski definition) is 0. The van der Waals surface area contributed by atoms with E-state index in [-0.39, 0.29) is 30.4 Å². The molecule has 2 heterocycles. The normalized spacial score (nSPS) is 32.9. The van der Waals surface area contributed by atoms with E-state index in [1.165, 1.54) is 32.8 Å². The Morgan fingerprint density at radius 2 is 1.86 bits per heavy atom. The first-order valence-electron chi connectivity index (χ1n) is 8.54. The Kier molecular flexibility index (Phi) is 6.24. The van der Waals surface area contributed by atoms with E-state index < -0.39 is 5.79 Å². The molecule has 0 amide bonds. The average molecular weight is 314 g/mol. The van der Waals surface area contributed by atoms with Crippen molar-refractivity contribution in [2.45, 2.75) is 90.0 Å². The van der Waals surface area contributed by atoms with E-state index in [2.05, 4.69) is 6.92 Å². The number of fused-ring (bicyclic) bond motifs is 1. The van der Waals surface area contributed by atoms with Crippen LogP contribution in [0.3, 0.4) is 0 Å². The second-order valence-electron chi connectivity index (χ2n) is 6.79. The Morgan fingerprint density at radius 3 is 2.55 bits per heavy atom. The molecule has 2 rings (SSSR count). The molecule has 0 N–H and O–H groups in total. The molecule has 5 nitrogen and oxygen atoms in total. The van der Waals surface area contributed by atoms with Crippen LogP contribution in [0.4, 0.5) is 0 Å². The molecule has 5 heteroatoms. The zero-order valence-corrected chi connectivity index (χ0v) is 14.3. The molecule has 0 aliphatic carbocycles. The number of unbranched alkanes of at least 4 members (excludes halogenated alkanes) is 4. The van der Waals surface area contributed by atoms with Crippen LogP contribution in [-0.2, 0) is 23.7 Å². The van der Waals surface area contributed by atoms with Crippen LogP contribution in [0.25, 0.3) is 0 Å². The molecule has 0 aromatic rings. The maximum absolute atomic E-state index is 11.7. The fourth-order valence-electron chi connectivity index (χ4n) is 3.39. The summed E-state index contributed by atoms with van der Waals surface area (Å²) < 4.78 is 22.6. The van der Waals surface area contributed by atoms with E-state index in [0.29, 0.717) is 6.42 Å². The van der Waals surface area contributed by atoms with Crippen molar-refractivity contribution in [3.05, 3.63) is 0 Å². The van der Waals surface area contributed by atoms with Crippen LogP contribution in [0.1, 0.15) is 65.7 Å². The topological polar surface area (TPSA) is 54.0 Å². The lowest BCUT2D eigenvalue weighted by atomic mass is 9.91. The Morgan fingerprint density at radius 1 is 1.14 bits per heavy atom. The van der Waals surface area contributed by atoms with Crippen molar-refractivity contribution in [3.8, 4) is 0 Å². The number of methoxy groups -OCH3 is 1. The second-order valence-corrected chi connectivity index (χ2v) is 6.79. The fraction of sp³-hybridized carbons (Fsp3) is 0.941. The third kappa shape index (κ3) is 4.43. The molecule has 0 saturated carbocycles. The largest absolute Gasteiger partial charge is 0.469 e. The van der Waals surface area contributed by atoms with E-state index >= 15 is 0 Å². The van der Waals surface area contributed by atoms with Crippen molar-refractivity contribution in [1.29, 1.82) is 0 Å². The van der Waals surface area contributed by atoms with Gasteiger partial charge in [-0.15, -0.1) is 0 Å². The van der Waals surface area contributed by atoms with E-state index in [9.17, 15) is 4.79 Å². The number of rotatable bonds is 8. The molecule has 0 spiro atoms. The van der Waals surface area contributed by atoms with Gasteiger partial charge in [-0.2, -0.15) is 0 Å². The zero-order valence-electron chi connectivity index (χ0n) is 14.3. The van der Waals surface area contributed by atoms with Gasteiger partial charge in [-0.3, -0.25) is 4.79 Å². The van der Waals surface area contributed by atoms with Crippen LogP contribution in [0, 0.1) is 5.92 Å². The SMILES string of the molecule is CCCCCCC[C@H]1O[C@@H]2OC(C)(C)O[C@@H]2[C@@H]1CC(=O)OC. The molecule has 2 saturated heterocycles. The van der Waals surface area contributed by atoms with Gasteiger partial charge >= 0.3 is 5.97 Å². The van der Waals surface area contributed by atoms with Crippen LogP contribution in [0.2, 0.25) is 0 Å². The van der Waals surface area contributed by atoms with Gasteiger partial charge in [-0.05, 0) is 20.3 Å². The molecule has 0 radical (unpaired) electrons. The molecule has 128 valence electrons. The van der Waals surface area contributed by atoms with Gasteiger partial charge in [0, 0.05) is 5.92 Å². The minimum atomic E-state index is -0.643. The maximum Gasteiger partial charge on any atom is 0.305 e. The Balaban J connectivity index is 1.89. The molecule has 0 aromatic heterocycles. The summed E-state index contributed by atoms with van der Waals surface area (Å²) in [5.41, 5.74) is 0. The van der Waals surface area contributed by atoms with Gasteiger partial charge in [0.15, 0.2) is 12.1 Å². The highest BCUT2D eigenvalue weighted by Gasteiger charge is 2.54. The van der Waals surface area contributed by atoms with Crippen LogP contribution in [0.5, 0.6) is 0 Å². The molecular formula is C17H30O5. The van der Waals surface area contributed by atoms with E-state index in [1.807, 2.05) is 13.8 Å². The van der Waals surface area contributed by atoms with Gasteiger partial charge in [0.25, 0.3) is 0 Å². The minimum absolute atomic E-state index is 0.0189. The van der Waals surface area contributed by atoms with Crippen LogP contribution >= 0.6 is 0 Å². The van der Waals surface area contributed by atoms with Crippen molar-refractivity contribution in [3.63, 3.8) is 0 Å². The van der Waals surface area contributed by atoms with Gasteiger partial charge in [0.1, 0.15) is 6.10 Å². The fourth-order valence-corrected chi connectivity index (χ4v) is 3.39. The van der Waals surface area contributed by atoms with E-state index in [4.69, 9.17) is 18.9 Å². The van der Waals surface area contributed by atoms with Crippen molar-refractivity contribution in [2.24, 2.45) is 5.92 Å². The Bertz CT molecular complexity index is 368. The van der Waals surface area contributed by atoms with Gasteiger partial charge in [0.2, 0.25) is 0 Å². The molecule has 2 aliphatic heterocycles. The summed E-state index contributed by atoms with van der Waals surface area (Å²) in [4.78, 5) is 11.7. The van der Waals surface area contributed by atoms with Gasteiger partial charge < -0.3 is 18.9 Å². The van der Waals surface area contributed by atoms with Crippen molar-refractivity contribution < 1.29 is 23.7 Å². The second kappa shape index (κ2) is 7.75. The Hall–Kier alpha value is -0.650. The van der Waals surface area contributed by atoms with Gasteiger partial charge in [-0.1, -0.05) is 39.0 Å². The minimum Gasteiger partial charge on any atom is -0.469 e. The first kappa shape index (κ1) is 17.7. The van der Waals surface area contributed by atoms with Crippen molar-refractivity contribution in [1.82, 2.24) is 0 Å². The van der Waals surface area contributed by atoms with Gasteiger partial charge in [0.05, 0.1) is 19.6 Å².